The van der Waals surface area contributed by atoms with Crippen molar-refractivity contribution in [1.29, 1.82) is 0 Å². The van der Waals surface area contributed by atoms with Gasteiger partial charge in [-0.1, -0.05) is 65.7 Å². The number of nitrogens with zero attached hydrogens (tertiary/aromatic N) is 10. The Morgan fingerprint density at radius 1 is 0.714 bits per heavy atom. The van der Waals surface area contributed by atoms with Crippen LogP contribution in [0.5, 0.6) is 0 Å². The number of rotatable bonds is 2. The zero-order chi connectivity index (χ0) is 26.2. The Morgan fingerprint density at radius 2 is 1.11 bits per heavy atom. The number of anilines is 2. The van der Waals surface area contributed by atoms with Gasteiger partial charge in [0.25, 0.3) is 9.68 Å². The van der Waals surface area contributed by atoms with Gasteiger partial charge in [0.15, 0.2) is 0 Å². The Bertz CT molecular complexity index is 1240. The number of aromatic nitrogens is 8. The summed E-state index contributed by atoms with van der Waals surface area (Å²) in [6.45, 7) is 1.63. The Labute approximate surface area is 206 Å². The van der Waals surface area contributed by atoms with Crippen LogP contribution in [0.2, 0.25) is 0 Å². The molecule has 0 atom stereocenters. The topological polar surface area (TPSA) is 325 Å². The van der Waals surface area contributed by atoms with Crippen LogP contribution in [-0.4, -0.2) is 62.6 Å². The molecule has 0 saturated heterocycles. The highest BCUT2D eigenvalue weighted by Crippen LogP contribution is 2.37. The van der Waals surface area contributed by atoms with E-state index >= 15 is 0 Å². The second-order valence-electron chi connectivity index (χ2n) is 5.44. The van der Waals surface area contributed by atoms with Gasteiger partial charge in [0.2, 0.25) is 40.9 Å². The molecule has 23 heteroatoms. The largest absolute Gasteiger partial charge is 0.409 e. The van der Waals surface area contributed by atoms with E-state index in [1.165, 1.54) is 0 Å². The third kappa shape index (κ3) is 7.83. The molecule has 0 bridgehead atoms. The summed E-state index contributed by atoms with van der Waals surface area (Å²) in [5.41, 5.74) is 20.0. The molecule has 0 aliphatic rings. The molecular formula is C12H13Cl3N14O6. The number of alkyl halides is 3. The number of nitrogens with two attached hydrogens (primary N) is 4. The molecule has 4 rings (SSSR count). The number of aryl methyl sites for hydroxylation is 1. The summed E-state index contributed by atoms with van der Waals surface area (Å²) in [7, 11) is 0. The highest BCUT2D eigenvalue weighted by molar-refractivity contribution is 6.66. The van der Waals surface area contributed by atoms with E-state index in [1.54, 1.807) is 6.92 Å². The summed E-state index contributed by atoms with van der Waals surface area (Å²) in [6, 6.07) is -0.123. The fourth-order valence-corrected chi connectivity index (χ4v) is 1.80. The summed E-state index contributed by atoms with van der Waals surface area (Å²) < 4.78 is 16.7. The lowest BCUT2D eigenvalue weighted by Gasteiger charge is -2.00. The van der Waals surface area contributed by atoms with E-state index in [0.717, 1.165) is 0 Å². The molecule has 0 fully saturated rings. The maximum Gasteiger partial charge on any atom is 0.319 e. The molecule has 4 aromatic rings. The number of nitrogen functional groups attached to an aromatic ring is 2. The van der Waals surface area contributed by atoms with Crippen LogP contribution in [0, 0.1) is 6.92 Å². The molecule has 10 N–H and O–H groups in total. The van der Waals surface area contributed by atoms with E-state index in [1.807, 2.05) is 0 Å². The zero-order valence-corrected chi connectivity index (χ0v) is 19.2. The minimum atomic E-state index is -1.76. The van der Waals surface area contributed by atoms with Crippen LogP contribution < -0.4 is 22.9 Å². The predicted molar refractivity (Wildman–Crippen MR) is 115 cm³/mol. The van der Waals surface area contributed by atoms with Crippen molar-refractivity contribution < 1.29 is 28.5 Å². The Morgan fingerprint density at radius 3 is 1.43 bits per heavy atom. The van der Waals surface area contributed by atoms with Gasteiger partial charge in [-0.05, 0) is 0 Å². The first-order valence-corrected chi connectivity index (χ1v) is 9.43. The van der Waals surface area contributed by atoms with Gasteiger partial charge < -0.3 is 51.4 Å². The Hall–Kier alpha value is -4.43. The summed E-state index contributed by atoms with van der Waals surface area (Å²) in [6.07, 6.45) is 0. The fourth-order valence-electron chi connectivity index (χ4n) is 1.57. The number of hydrogen-bond acceptors (Lipinski definition) is 18. The average Bonchev–Trinajstić information content (AvgIpc) is 3.60. The van der Waals surface area contributed by atoms with Gasteiger partial charge in [-0.15, -0.1) is 0 Å². The van der Waals surface area contributed by atoms with Crippen LogP contribution in [0.4, 0.5) is 12.0 Å². The van der Waals surface area contributed by atoms with Gasteiger partial charge in [-0.25, -0.2) is 0 Å². The lowest BCUT2D eigenvalue weighted by molar-refractivity contribution is 0.313. The molecule has 0 aliphatic carbocycles. The van der Waals surface area contributed by atoms with Gasteiger partial charge in [0, 0.05) is 6.92 Å². The summed E-state index contributed by atoms with van der Waals surface area (Å²) >= 11 is 16.6. The van der Waals surface area contributed by atoms with E-state index in [0.29, 0.717) is 5.89 Å². The molecule has 35 heavy (non-hydrogen) atoms. The molecule has 0 spiro atoms. The first kappa shape index (κ1) is 26.8. The van der Waals surface area contributed by atoms with E-state index in [9.17, 15) is 0 Å². The second kappa shape index (κ2) is 11.6. The predicted octanol–water partition coefficient (Wildman–Crippen LogP) is 0.0179. The summed E-state index contributed by atoms with van der Waals surface area (Å²) in [5.74, 6) is -0.0130. The van der Waals surface area contributed by atoms with Crippen molar-refractivity contribution in [2.45, 2.75) is 10.7 Å². The Kier molecular flexibility index (Phi) is 8.91. The van der Waals surface area contributed by atoms with Crippen molar-refractivity contribution in [3.63, 3.8) is 0 Å². The normalized spacial score (nSPS) is 11.9. The van der Waals surface area contributed by atoms with Crippen LogP contribution in [-0.2, 0) is 3.79 Å². The number of oxime groups is 2. The van der Waals surface area contributed by atoms with Gasteiger partial charge in [-0.2, -0.15) is 19.9 Å². The van der Waals surface area contributed by atoms with E-state index < -0.39 is 15.5 Å². The quantitative estimate of drug-likeness (QED) is 0.0623. The molecule has 188 valence electrons. The second-order valence-corrected chi connectivity index (χ2v) is 7.72. The molecule has 0 saturated carbocycles. The van der Waals surface area contributed by atoms with Crippen LogP contribution in [0.3, 0.4) is 0 Å². The van der Waals surface area contributed by atoms with Crippen LogP contribution >= 0.6 is 34.8 Å². The molecule has 4 aromatic heterocycles. The van der Waals surface area contributed by atoms with Crippen molar-refractivity contribution in [3.8, 4) is 23.3 Å². The van der Waals surface area contributed by atoms with Gasteiger partial charge >= 0.3 is 12.0 Å². The van der Waals surface area contributed by atoms with E-state index in [4.69, 9.17) is 77.2 Å². The molecule has 4 heterocycles. The third-order valence-corrected chi connectivity index (χ3v) is 3.44. The van der Waals surface area contributed by atoms with Crippen LogP contribution in [0.1, 0.15) is 11.8 Å². The first-order valence-electron chi connectivity index (χ1n) is 8.30. The maximum atomic E-state index is 7.83. The van der Waals surface area contributed by atoms with Gasteiger partial charge in [0.05, 0.1) is 0 Å². The minimum absolute atomic E-state index is 0.0617. The molecule has 20 nitrogen and oxygen atoms in total. The lowest BCUT2D eigenvalue weighted by Crippen LogP contribution is -2.31. The summed E-state index contributed by atoms with van der Waals surface area (Å²) in [4.78, 5) is 15.0. The van der Waals surface area contributed by atoms with Crippen molar-refractivity contribution in [3.05, 3.63) is 11.8 Å². The molecule has 0 aliphatic heterocycles. The Balaban J connectivity index is 0.000000195. The zero-order valence-electron chi connectivity index (χ0n) is 16.9. The monoisotopic (exact) mass is 554 g/mol. The average molecular weight is 556 g/mol. The van der Waals surface area contributed by atoms with Crippen LogP contribution in [0.15, 0.2) is 28.4 Å². The highest BCUT2D eigenvalue weighted by Gasteiger charge is 2.31. The minimum Gasteiger partial charge on any atom is -0.409 e. The first-order chi connectivity index (χ1) is 16.4. The van der Waals surface area contributed by atoms with Crippen molar-refractivity contribution in [2.75, 3.05) is 11.5 Å². The smallest absolute Gasteiger partial charge is 0.319 e. The number of amidine groups is 2. The van der Waals surface area contributed by atoms with Crippen molar-refractivity contribution >= 4 is 58.5 Å². The number of halogens is 3. The number of hydrogen-bond donors (Lipinski definition) is 6. The fraction of sp³-hybridized carbons (Fsp3) is 0.167. The van der Waals surface area contributed by atoms with Crippen LogP contribution in [0.25, 0.3) is 23.3 Å². The SMILES string of the molecule is Cc1nc(-c2noc(C(Cl)(Cl)Cl)n2)no1.NC(=N\O)/C(N)=N/O.Nc1nc(-c2noc(N)n2)no1. The standard InChI is InChI=1S/C6H3Cl3N4O2.C4H4N6O2.C2H6N4O2/c1-2-10-3(12-14-2)4-11-5(15-13-4)6(7,8)9;5-3-7-1(9-11-3)2-8-4(6)12-10-2;3-1(5-7)2(4)6-8/h1H3;(H2,5,7,9)(H2,6,8,10);7-8H,(H2,3,5)(H2,4,6). The molecule has 0 unspecified atom stereocenters. The van der Waals surface area contributed by atoms with Crippen molar-refractivity contribution in [1.82, 2.24) is 40.6 Å². The summed E-state index contributed by atoms with van der Waals surface area (Å²) in [5, 5.41) is 34.5. The van der Waals surface area contributed by atoms with Gasteiger partial charge in [-0.3, -0.25) is 0 Å². The van der Waals surface area contributed by atoms with E-state index in [2.05, 4.69) is 59.9 Å². The van der Waals surface area contributed by atoms with E-state index in [-0.39, 0.29) is 41.2 Å². The molecule has 0 radical (unpaired) electrons. The maximum absolute atomic E-state index is 7.83. The molecule has 0 amide bonds. The molecular weight excluding hydrogens is 543 g/mol. The van der Waals surface area contributed by atoms with Gasteiger partial charge in [0.1, 0.15) is 0 Å². The van der Waals surface area contributed by atoms with Crippen molar-refractivity contribution in [2.24, 2.45) is 21.8 Å². The molecule has 0 aromatic carbocycles. The third-order valence-electron chi connectivity index (χ3n) is 2.96. The highest BCUT2D eigenvalue weighted by atomic mass is 35.6. The lowest BCUT2D eigenvalue weighted by atomic mass is 10.6.